The zero-order valence-electron chi connectivity index (χ0n) is 14.4. The van der Waals surface area contributed by atoms with Gasteiger partial charge in [-0.2, -0.15) is 0 Å². The van der Waals surface area contributed by atoms with Gasteiger partial charge in [0, 0.05) is 18.1 Å². The number of amides is 1. The van der Waals surface area contributed by atoms with E-state index in [0.717, 1.165) is 16.9 Å². The van der Waals surface area contributed by atoms with Crippen molar-refractivity contribution < 1.29 is 9.21 Å². The molecule has 1 amide bonds. The summed E-state index contributed by atoms with van der Waals surface area (Å²) in [5.74, 6) is 0.814. The summed E-state index contributed by atoms with van der Waals surface area (Å²) in [6, 6.07) is 21.3. The fourth-order valence-corrected chi connectivity index (χ4v) is 2.82. The SMILES string of the molecule is O=C(CN(Cc1ccccc1)Cc1ccco1)NCc1ccc(Cl)cc1. The predicted molar refractivity (Wildman–Crippen MR) is 103 cm³/mol. The highest BCUT2D eigenvalue weighted by Crippen LogP contribution is 2.11. The molecule has 2 aromatic carbocycles. The minimum atomic E-state index is -0.0255. The molecule has 3 aromatic rings. The van der Waals surface area contributed by atoms with E-state index in [-0.39, 0.29) is 5.91 Å². The lowest BCUT2D eigenvalue weighted by Crippen LogP contribution is -2.36. The van der Waals surface area contributed by atoms with Crippen molar-refractivity contribution in [3.8, 4) is 0 Å². The van der Waals surface area contributed by atoms with Crippen LogP contribution in [0, 0.1) is 0 Å². The number of halogens is 1. The molecule has 3 rings (SSSR count). The second-order valence-corrected chi connectivity index (χ2v) is 6.55. The fourth-order valence-electron chi connectivity index (χ4n) is 2.69. The van der Waals surface area contributed by atoms with E-state index in [2.05, 4.69) is 22.3 Å². The molecule has 0 aliphatic rings. The standard InChI is InChI=1S/C21H21ClN2O2/c22-19-10-8-17(9-11-19)13-23-21(25)16-24(15-20-7-4-12-26-20)14-18-5-2-1-3-6-18/h1-12H,13-16H2,(H,23,25). The van der Waals surface area contributed by atoms with E-state index in [1.54, 1.807) is 6.26 Å². The first-order valence-corrected chi connectivity index (χ1v) is 8.86. The summed E-state index contributed by atoms with van der Waals surface area (Å²) in [7, 11) is 0. The van der Waals surface area contributed by atoms with Gasteiger partial charge in [-0.25, -0.2) is 0 Å². The maximum Gasteiger partial charge on any atom is 0.234 e. The van der Waals surface area contributed by atoms with Crippen LogP contribution in [0.2, 0.25) is 5.02 Å². The minimum absolute atomic E-state index is 0.0255. The van der Waals surface area contributed by atoms with Crippen molar-refractivity contribution in [2.45, 2.75) is 19.6 Å². The molecular formula is C21H21ClN2O2. The number of carbonyl (C=O) groups excluding carboxylic acids is 1. The highest BCUT2D eigenvalue weighted by Gasteiger charge is 2.13. The lowest BCUT2D eigenvalue weighted by molar-refractivity contribution is -0.122. The summed E-state index contributed by atoms with van der Waals surface area (Å²) < 4.78 is 5.44. The summed E-state index contributed by atoms with van der Waals surface area (Å²) in [5.41, 5.74) is 2.17. The maximum absolute atomic E-state index is 12.4. The molecule has 0 unspecified atom stereocenters. The molecule has 134 valence electrons. The van der Waals surface area contributed by atoms with Crippen molar-refractivity contribution in [1.82, 2.24) is 10.2 Å². The minimum Gasteiger partial charge on any atom is -0.468 e. The first-order chi connectivity index (χ1) is 12.7. The third-order valence-electron chi connectivity index (χ3n) is 3.98. The molecule has 0 saturated heterocycles. The lowest BCUT2D eigenvalue weighted by Gasteiger charge is -2.21. The Hall–Kier alpha value is -2.56. The van der Waals surface area contributed by atoms with E-state index in [0.29, 0.717) is 31.2 Å². The zero-order chi connectivity index (χ0) is 18.2. The average molecular weight is 369 g/mol. The van der Waals surface area contributed by atoms with E-state index in [1.807, 2.05) is 54.6 Å². The quantitative estimate of drug-likeness (QED) is 0.646. The summed E-state index contributed by atoms with van der Waals surface area (Å²) in [6.45, 7) is 2.03. The Morgan fingerprint density at radius 3 is 2.38 bits per heavy atom. The Bertz CT molecular complexity index is 802. The zero-order valence-corrected chi connectivity index (χ0v) is 15.2. The smallest absolute Gasteiger partial charge is 0.234 e. The number of furan rings is 1. The van der Waals surface area contributed by atoms with Crippen LogP contribution < -0.4 is 5.32 Å². The largest absolute Gasteiger partial charge is 0.468 e. The fraction of sp³-hybridized carbons (Fsp3) is 0.190. The van der Waals surface area contributed by atoms with E-state index >= 15 is 0 Å². The van der Waals surface area contributed by atoms with Crippen molar-refractivity contribution in [3.63, 3.8) is 0 Å². The maximum atomic E-state index is 12.4. The van der Waals surface area contributed by atoms with Gasteiger partial charge in [0.2, 0.25) is 5.91 Å². The summed E-state index contributed by atoms with van der Waals surface area (Å²) in [4.78, 5) is 14.5. The molecule has 1 aromatic heterocycles. The Morgan fingerprint density at radius 2 is 1.69 bits per heavy atom. The van der Waals surface area contributed by atoms with Crippen LogP contribution in [0.25, 0.3) is 0 Å². The van der Waals surface area contributed by atoms with Crippen molar-refractivity contribution in [1.29, 1.82) is 0 Å². The van der Waals surface area contributed by atoms with E-state index in [9.17, 15) is 4.79 Å². The first kappa shape index (κ1) is 18.2. The van der Waals surface area contributed by atoms with Gasteiger partial charge in [0.25, 0.3) is 0 Å². The number of carbonyl (C=O) groups is 1. The molecule has 0 atom stereocenters. The second kappa shape index (κ2) is 9.22. The molecule has 0 spiro atoms. The number of benzene rings is 2. The average Bonchev–Trinajstić information content (AvgIpc) is 3.15. The second-order valence-electron chi connectivity index (χ2n) is 6.11. The highest BCUT2D eigenvalue weighted by molar-refractivity contribution is 6.30. The molecule has 1 heterocycles. The normalized spacial score (nSPS) is 10.8. The van der Waals surface area contributed by atoms with Gasteiger partial charge in [-0.05, 0) is 35.4 Å². The molecule has 5 heteroatoms. The van der Waals surface area contributed by atoms with Gasteiger partial charge in [0.1, 0.15) is 5.76 Å². The number of nitrogens with zero attached hydrogens (tertiary/aromatic N) is 1. The van der Waals surface area contributed by atoms with Gasteiger partial charge >= 0.3 is 0 Å². The number of rotatable bonds is 8. The lowest BCUT2D eigenvalue weighted by atomic mass is 10.2. The summed E-state index contributed by atoms with van der Waals surface area (Å²) in [5, 5.41) is 3.65. The molecule has 0 saturated carbocycles. The van der Waals surface area contributed by atoms with E-state index < -0.39 is 0 Å². The molecule has 4 nitrogen and oxygen atoms in total. The third kappa shape index (κ3) is 5.76. The van der Waals surface area contributed by atoms with Gasteiger partial charge in [0.05, 0.1) is 19.4 Å². The molecular weight excluding hydrogens is 348 g/mol. The Balaban J connectivity index is 1.58. The van der Waals surface area contributed by atoms with Crippen molar-refractivity contribution in [2.75, 3.05) is 6.54 Å². The van der Waals surface area contributed by atoms with Gasteiger partial charge in [0.15, 0.2) is 0 Å². The molecule has 0 aliphatic carbocycles. The van der Waals surface area contributed by atoms with Crippen LogP contribution in [0.5, 0.6) is 0 Å². The number of nitrogens with one attached hydrogen (secondary N) is 1. The van der Waals surface area contributed by atoms with Crippen LogP contribution in [0.15, 0.2) is 77.4 Å². The van der Waals surface area contributed by atoms with Crippen molar-refractivity contribution in [2.24, 2.45) is 0 Å². The van der Waals surface area contributed by atoms with Crippen LogP contribution in [-0.2, 0) is 24.4 Å². The monoisotopic (exact) mass is 368 g/mol. The molecule has 0 aliphatic heterocycles. The van der Waals surface area contributed by atoms with Crippen LogP contribution >= 0.6 is 11.6 Å². The molecule has 0 fully saturated rings. The van der Waals surface area contributed by atoms with Crippen molar-refractivity contribution in [3.05, 3.63) is 94.9 Å². The van der Waals surface area contributed by atoms with E-state index in [4.69, 9.17) is 16.0 Å². The third-order valence-corrected chi connectivity index (χ3v) is 4.23. The first-order valence-electron chi connectivity index (χ1n) is 8.49. The molecule has 26 heavy (non-hydrogen) atoms. The van der Waals surface area contributed by atoms with Gasteiger partial charge < -0.3 is 9.73 Å². The van der Waals surface area contributed by atoms with Gasteiger partial charge in [-0.3, -0.25) is 9.69 Å². The predicted octanol–water partition coefficient (Wildman–Crippen LogP) is 4.25. The van der Waals surface area contributed by atoms with Crippen LogP contribution in [0.4, 0.5) is 0 Å². The molecule has 1 N–H and O–H groups in total. The Kier molecular flexibility index (Phi) is 6.47. The van der Waals surface area contributed by atoms with E-state index in [1.165, 1.54) is 0 Å². The summed E-state index contributed by atoms with van der Waals surface area (Å²) >= 11 is 5.88. The highest BCUT2D eigenvalue weighted by atomic mass is 35.5. The summed E-state index contributed by atoms with van der Waals surface area (Å²) in [6.07, 6.45) is 1.65. The van der Waals surface area contributed by atoms with Crippen LogP contribution in [0.1, 0.15) is 16.9 Å². The number of hydrogen-bond donors (Lipinski definition) is 1. The number of hydrogen-bond acceptors (Lipinski definition) is 3. The topological polar surface area (TPSA) is 45.5 Å². The Labute approximate surface area is 158 Å². The van der Waals surface area contributed by atoms with Crippen LogP contribution in [-0.4, -0.2) is 17.4 Å². The Morgan fingerprint density at radius 1 is 0.923 bits per heavy atom. The van der Waals surface area contributed by atoms with Crippen LogP contribution in [0.3, 0.4) is 0 Å². The molecule has 0 radical (unpaired) electrons. The van der Waals surface area contributed by atoms with Gasteiger partial charge in [-0.1, -0.05) is 54.1 Å². The van der Waals surface area contributed by atoms with Gasteiger partial charge in [-0.15, -0.1) is 0 Å². The molecule has 0 bridgehead atoms. The van der Waals surface area contributed by atoms with Crippen molar-refractivity contribution >= 4 is 17.5 Å².